The summed E-state index contributed by atoms with van der Waals surface area (Å²) in [6.07, 6.45) is 3.24. The largest absolute Gasteiger partial charge is 0.384 e. The molecule has 2 aromatic rings. The molecule has 1 atom stereocenters. The lowest BCUT2D eigenvalue weighted by Gasteiger charge is -2.31. The maximum atomic E-state index is 12.6. The summed E-state index contributed by atoms with van der Waals surface area (Å²) in [5, 5.41) is 8.22. The zero-order chi connectivity index (χ0) is 14.8. The molecule has 0 radical (unpaired) electrons. The van der Waals surface area contributed by atoms with Crippen LogP contribution in [0.15, 0.2) is 24.5 Å². The molecule has 0 saturated carbocycles. The molecule has 0 fully saturated rings. The molecule has 0 spiro atoms. The third-order valence-corrected chi connectivity index (χ3v) is 3.68. The minimum atomic E-state index is -0.0412. The van der Waals surface area contributed by atoms with E-state index < -0.39 is 0 Å². The van der Waals surface area contributed by atoms with Crippen LogP contribution in [0.2, 0.25) is 0 Å². The number of aromatic nitrogens is 4. The average Bonchev–Trinajstić information content (AvgIpc) is 2.89. The fourth-order valence-electron chi connectivity index (χ4n) is 2.78. The third-order valence-electron chi connectivity index (χ3n) is 3.68. The van der Waals surface area contributed by atoms with Crippen molar-refractivity contribution in [2.45, 2.75) is 12.5 Å². The monoisotopic (exact) mass is 287 g/mol. The fourth-order valence-corrected chi connectivity index (χ4v) is 2.78. The Bertz CT molecular complexity index is 640. The second-order valence-electron chi connectivity index (χ2n) is 5.12. The van der Waals surface area contributed by atoms with Crippen LogP contribution < -0.4 is 0 Å². The Labute approximate surface area is 122 Å². The van der Waals surface area contributed by atoms with Gasteiger partial charge in [0.05, 0.1) is 24.4 Å². The number of nitrogens with zero attached hydrogens (tertiary/aromatic N) is 5. The van der Waals surface area contributed by atoms with Crippen LogP contribution in [-0.2, 0) is 18.3 Å². The van der Waals surface area contributed by atoms with Crippen LogP contribution in [-0.4, -0.2) is 51.0 Å². The van der Waals surface area contributed by atoms with Crippen LogP contribution in [0.5, 0.6) is 0 Å². The number of carbonyl (C=O) groups excluding carboxylic acids is 1. The predicted molar refractivity (Wildman–Crippen MR) is 74.6 cm³/mol. The van der Waals surface area contributed by atoms with Crippen molar-refractivity contribution in [3.05, 3.63) is 41.5 Å². The molecule has 3 rings (SSSR count). The SMILES string of the molecule is COCC1CN(C(=O)c2cccnc2)Cc2nnn(C)c21. The topological polar surface area (TPSA) is 73.1 Å². The molecule has 1 aliphatic heterocycles. The zero-order valence-corrected chi connectivity index (χ0v) is 12.1. The third kappa shape index (κ3) is 2.52. The molecule has 0 N–H and O–H groups in total. The maximum absolute atomic E-state index is 12.6. The molecule has 1 unspecified atom stereocenters. The van der Waals surface area contributed by atoms with Gasteiger partial charge in [0.15, 0.2) is 0 Å². The lowest BCUT2D eigenvalue weighted by molar-refractivity contribution is 0.0672. The molecule has 0 aromatic carbocycles. The van der Waals surface area contributed by atoms with Crippen molar-refractivity contribution in [3.8, 4) is 0 Å². The number of hydrogen-bond donors (Lipinski definition) is 0. The molecule has 110 valence electrons. The zero-order valence-electron chi connectivity index (χ0n) is 12.1. The smallest absolute Gasteiger partial charge is 0.255 e. The molecule has 0 bridgehead atoms. The van der Waals surface area contributed by atoms with E-state index in [-0.39, 0.29) is 11.8 Å². The Hall–Kier alpha value is -2.28. The molecule has 7 nitrogen and oxygen atoms in total. The van der Waals surface area contributed by atoms with E-state index in [1.807, 2.05) is 7.05 Å². The molecular formula is C14H17N5O2. The molecule has 0 aliphatic carbocycles. The van der Waals surface area contributed by atoms with Gasteiger partial charge in [0.2, 0.25) is 0 Å². The van der Waals surface area contributed by atoms with E-state index in [2.05, 4.69) is 15.3 Å². The predicted octanol–water partition coefficient (Wildman–Crippen LogP) is 0.596. The first-order valence-corrected chi connectivity index (χ1v) is 6.77. The van der Waals surface area contributed by atoms with Crippen LogP contribution in [0.1, 0.15) is 27.7 Å². The van der Waals surface area contributed by atoms with Crippen molar-refractivity contribution in [3.63, 3.8) is 0 Å². The van der Waals surface area contributed by atoms with Crippen molar-refractivity contribution >= 4 is 5.91 Å². The Morgan fingerprint density at radius 1 is 1.52 bits per heavy atom. The summed E-state index contributed by atoms with van der Waals surface area (Å²) < 4.78 is 7.05. The number of carbonyl (C=O) groups is 1. The van der Waals surface area contributed by atoms with Crippen LogP contribution >= 0.6 is 0 Å². The lowest BCUT2D eigenvalue weighted by atomic mass is 9.98. The number of hydrogen-bond acceptors (Lipinski definition) is 5. The second-order valence-corrected chi connectivity index (χ2v) is 5.12. The molecule has 7 heteroatoms. The quantitative estimate of drug-likeness (QED) is 0.826. The van der Waals surface area contributed by atoms with Gasteiger partial charge in [-0.25, -0.2) is 0 Å². The summed E-state index contributed by atoms with van der Waals surface area (Å²) in [6, 6.07) is 3.53. The number of methoxy groups -OCH3 is 1. The summed E-state index contributed by atoms with van der Waals surface area (Å²) in [5.41, 5.74) is 2.47. The highest BCUT2D eigenvalue weighted by molar-refractivity contribution is 5.94. The van der Waals surface area contributed by atoms with E-state index in [0.29, 0.717) is 25.3 Å². The van der Waals surface area contributed by atoms with Crippen LogP contribution in [0.3, 0.4) is 0 Å². The number of rotatable bonds is 3. The summed E-state index contributed by atoms with van der Waals surface area (Å²) in [5.74, 6) is 0.0416. The Kier molecular flexibility index (Phi) is 3.66. The van der Waals surface area contributed by atoms with Gasteiger partial charge in [-0.1, -0.05) is 5.21 Å². The van der Waals surface area contributed by atoms with E-state index in [4.69, 9.17) is 4.74 Å². The minimum absolute atomic E-state index is 0.0412. The van der Waals surface area contributed by atoms with Gasteiger partial charge in [-0.2, -0.15) is 0 Å². The first-order chi connectivity index (χ1) is 10.2. The van der Waals surface area contributed by atoms with E-state index in [1.54, 1.807) is 41.2 Å². The van der Waals surface area contributed by atoms with Gasteiger partial charge in [-0.3, -0.25) is 14.5 Å². The first-order valence-electron chi connectivity index (χ1n) is 6.77. The molecule has 1 aliphatic rings. The summed E-state index contributed by atoms with van der Waals surface area (Å²) in [7, 11) is 3.53. The van der Waals surface area contributed by atoms with Crippen molar-refractivity contribution in [2.75, 3.05) is 20.3 Å². The Morgan fingerprint density at radius 2 is 2.38 bits per heavy atom. The highest BCUT2D eigenvalue weighted by atomic mass is 16.5. The molecule has 0 saturated heterocycles. The van der Waals surface area contributed by atoms with Crippen molar-refractivity contribution < 1.29 is 9.53 Å². The first kappa shape index (κ1) is 13.7. The van der Waals surface area contributed by atoms with Gasteiger partial charge in [-0.05, 0) is 12.1 Å². The highest BCUT2D eigenvalue weighted by Crippen LogP contribution is 2.27. The summed E-state index contributed by atoms with van der Waals surface area (Å²) >= 11 is 0. The average molecular weight is 287 g/mol. The van der Waals surface area contributed by atoms with Crippen molar-refractivity contribution in [2.24, 2.45) is 7.05 Å². The number of fused-ring (bicyclic) bond motifs is 1. The number of pyridine rings is 1. The fraction of sp³-hybridized carbons (Fsp3) is 0.429. The highest BCUT2D eigenvalue weighted by Gasteiger charge is 2.32. The summed E-state index contributed by atoms with van der Waals surface area (Å²) in [6.45, 7) is 1.60. The standard InChI is InChI=1S/C14H17N5O2/c1-18-13-11(9-21-2)7-19(8-12(13)16-17-18)14(20)10-4-3-5-15-6-10/h3-6,11H,7-9H2,1-2H3. The Morgan fingerprint density at radius 3 is 3.10 bits per heavy atom. The molecule has 2 aromatic heterocycles. The van der Waals surface area contributed by atoms with Gasteiger partial charge in [0.25, 0.3) is 5.91 Å². The van der Waals surface area contributed by atoms with Gasteiger partial charge < -0.3 is 9.64 Å². The van der Waals surface area contributed by atoms with Gasteiger partial charge >= 0.3 is 0 Å². The van der Waals surface area contributed by atoms with E-state index in [9.17, 15) is 4.79 Å². The maximum Gasteiger partial charge on any atom is 0.255 e. The minimum Gasteiger partial charge on any atom is -0.384 e. The van der Waals surface area contributed by atoms with Gasteiger partial charge in [-0.15, -0.1) is 5.10 Å². The number of ether oxygens (including phenoxy) is 1. The van der Waals surface area contributed by atoms with Crippen LogP contribution in [0.25, 0.3) is 0 Å². The van der Waals surface area contributed by atoms with E-state index >= 15 is 0 Å². The van der Waals surface area contributed by atoms with E-state index in [0.717, 1.165) is 11.4 Å². The molecule has 21 heavy (non-hydrogen) atoms. The Balaban J connectivity index is 1.88. The second kappa shape index (κ2) is 5.61. The number of amides is 1. The van der Waals surface area contributed by atoms with Crippen LogP contribution in [0, 0.1) is 0 Å². The normalized spacial score (nSPS) is 17.6. The molecule has 1 amide bonds. The lowest BCUT2D eigenvalue weighted by Crippen LogP contribution is -2.40. The van der Waals surface area contributed by atoms with Crippen molar-refractivity contribution in [1.82, 2.24) is 24.9 Å². The van der Waals surface area contributed by atoms with Gasteiger partial charge in [0, 0.05) is 39.0 Å². The van der Waals surface area contributed by atoms with E-state index in [1.165, 1.54) is 0 Å². The molecule has 3 heterocycles. The van der Waals surface area contributed by atoms with Crippen LogP contribution in [0.4, 0.5) is 0 Å². The van der Waals surface area contributed by atoms with Gasteiger partial charge in [0.1, 0.15) is 5.69 Å². The molecular weight excluding hydrogens is 270 g/mol. The summed E-state index contributed by atoms with van der Waals surface area (Å²) in [4.78, 5) is 18.3. The van der Waals surface area contributed by atoms with Crippen molar-refractivity contribution in [1.29, 1.82) is 0 Å². The number of aryl methyl sites for hydroxylation is 1.